The number of carboxylic acids is 1. The lowest BCUT2D eigenvalue weighted by Gasteiger charge is -2.19. The molecule has 0 saturated carbocycles. The minimum Gasteiger partial charge on any atom is -0.548 e. The minimum atomic E-state index is -4.21. The van der Waals surface area contributed by atoms with Crippen molar-refractivity contribution in [3.8, 4) is 0 Å². The number of rotatable bonds is 7. The molecule has 1 aromatic carbocycles. The van der Waals surface area contributed by atoms with Crippen LogP contribution >= 0.6 is 0 Å². The van der Waals surface area contributed by atoms with Gasteiger partial charge in [0.1, 0.15) is 10.7 Å². The first-order chi connectivity index (χ1) is 8.88. The number of carboxylic acid groups (broad SMARTS) is 1. The summed E-state index contributed by atoms with van der Waals surface area (Å²) in [7, 11) is -4.21. The van der Waals surface area contributed by atoms with Crippen molar-refractivity contribution in [1.82, 2.24) is 4.72 Å². The van der Waals surface area contributed by atoms with Gasteiger partial charge in [0, 0.05) is 0 Å². The Morgan fingerprint density at radius 3 is 2.58 bits per heavy atom. The topological polar surface area (TPSA) is 86.3 Å². The van der Waals surface area contributed by atoms with Gasteiger partial charge in [-0.25, -0.2) is 17.5 Å². The van der Waals surface area contributed by atoms with Crippen molar-refractivity contribution >= 4 is 16.0 Å². The molecule has 1 atom stereocenters. The van der Waals surface area contributed by atoms with Crippen molar-refractivity contribution in [1.29, 1.82) is 0 Å². The number of nitrogens with one attached hydrogen (secondary N) is 1. The summed E-state index contributed by atoms with van der Waals surface area (Å²) >= 11 is 0. The molecule has 1 rings (SSSR count). The van der Waals surface area contributed by atoms with Gasteiger partial charge in [-0.15, -0.1) is 0 Å². The Morgan fingerprint density at radius 1 is 1.42 bits per heavy atom. The van der Waals surface area contributed by atoms with Crippen LogP contribution in [-0.4, -0.2) is 20.4 Å². The van der Waals surface area contributed by atoms with E-state index in [1.165, 1.54) is 12.1 Å². The number of aliphatic carboxylic acids is 1. The van der Waals surface area contributed by atoms with Crippen molar-refractivity contribution in [2.45, 2.75) is 37.1 Å². The number of benzene rings is 1. The zero-order valence-electron chi connectivity index (χ0n) is 10.4. The van der Waals surface area contributed by atoms with Gasteiger partial charge in [-0.2, -0.15) is 0 Å². The van der Waals surface area contributed by atoms with Gasteiger partial charge < -0.3 is 9.90 Å². The normalized spacial score (nSPS) is 13.2. The predicted molar refractivity (Wildman–Crippen MR) is 65.0 cm³/mol. The van der Waals surface area contributed by atoms with Crippen LogP contribution in [0.3, 0.4) is 0 Å². The molecule has 0 amide bonds. The molecular formula is C12H15FNO4S-. The second-order valence-corrected chi connectivity index (χ2v) is 5.75. The van der Waals surface area contributed by atoms with Crippen LogP contribution in [-0.2, 0) is 14.8 Å². The van der Waals surface area contributed by atoms with E-state index in [-0.39, 0.29) is 6.42 Å². The number of unbranched alkanes of at least 4 members (excludes halogenated alkanes) is 1. The fourth-order valence-electron chi connectivity index (χ4n) is 1.55. The van der Waals surface area contributed by atoms with Crippen LogP contribution in [0.15, 0.2) is 29.2 Å². The first-order valence-electron chi connectivity index (χ1n) is 5.86. The molecule has 19 heavy (non-hydrogen) atoms. The molecule has 5 nitrogen and oxygen atoms in total. The highest BCUT2D eigenvalue weighted by Crippen LogP contribution is 2.14. The summed E-state index contributed by atoms with van der Waals surface area (Å²) in [5.74, 6) is -2.45. The fraction of sp³-hybridized carbons (Fsp3) is 0.417. The van der Waals surface area contributed by atoms with Gasteiger partial charge in [0.25, 0.3) is 0 Å². The quantitative estimate of drug-likeness (QED) is 0.787. The Bertz CT molecular complexity index is 544. The van der Waals surface area contributed by atoms with E-state index >= 15 is 0 Å². The van der Waals surface area contributed by atoms with Gasteiger partial charge in [-0.3, -0.25) is 0 Å². The summed E-state index contributed by atoms with van der Waals surface area (Å²) in [6.45, 7) is 1.84. The highest BCUT2D eigenvalue weighted by atomic mass is 32.2. The Morgan fingerprint density at radius 2 is 2.05 bits per heavy atom. The van der Waals surface area contributed by atoms with Crippen molar-refractivity contribution in [3.05, 3.63) is 30.1 Å². The van der Waals surface area contributed by atoms with Crippen molar-refractivity contribution < 1.29 is 22.7 Å². The van der Waals surface area contributed by atoms with Crippen LogP contribution < -0.4 is 9.83 Å². The van der Waals surface area contributed by atoms with Gasteiger partial charge in [0.2, 0.25) is 10.0 Å². The SMILES string of the molecule is CCCC[C@@H](NS(=O)(=O)c1ccccc1F)C(=O)[O-]. The Balaban J connectivity index is 2.95. The number of carbonyl (C=O) groups excluding carboxylic acids is 1. The van der Waals surface area contributed by atoms with E-state index in [0.717, 1.165) is 12.1 Å². The number of sulfonamides is 1. The average Bonchev–Trinajstić information content (AvgIpc) is 2.34. The molecule has 7 heteroatoms. The molecule has 0 aliphatic rings. The lowest BCUT2D eigenvalue weighted by molar-refractivity contribution is -0.308. The monoisotopic (exact) mass is 288 g/mol. The molecule has 106 valence electrons. The summed E-state index contributed by atoms with van der Waals surface area (Å²) in [5.41, 5.74) is 0. The number of carbonyl (C=O) groups is 1. The highest BCUT2D eigenvalue weighted by Gasteiger charge is 2.23. The minimum absolute atomic E-state index is 0.104. The lowest BCUT2D eigenvalue weighted by Crippen LogP contribution is -2.47. The van der Waals surface area contributed by atoms with Crippen LogP contribution in [0.25, 0.3) is 0 Å². The van der Waals surface area contributed by atoms with Crippen LogP contribution in [0.4, 0.5) is 4.39 Å². The van der Waals surface area contributed by atoms with E-state index in [4.69, 9.17) is 0 Å². The third kappa shape index (κ3) is 4.29. The highest BCUT2D eigenvalue weighted by molar-refractivity contribution is 7.89. The molecule has 0 aliphatic heterocycles. The summed E-state index contributed by atoms with van der Waals surface area (Å²) in [6, 6.07) is 3.42. The van der Waals surface area contributed by atoms with Crippen LogP contribution in [0.1, 0.15) is 26.2 Å². The Labute approximate surface area is 111 Å². The first kappa shape index (κ1) is 15.6. The molecule has 0 aliphatic carbocycles. The zero-order valence-corrected chi connectivity index (χ0v) is 11.2. The van der Waals surface area contributed by atoms with Crippen molar-refractivity contribution in [3.63, 3.8) is 0 Å². The maximum Gasteiger partial charge on any atom is 0.244 e. The second kappa shape index (κ2) is 6.63. The number of halogens is 1. The molecule has 0 spiro atoms. The average molecular weight is 288 g/mol. The molecule has 0 bridgehead atoms. The first-order valence-corrected chi connectivity index (χ1v) is 7.34. The Hall–Kier alpha value is -1.47. The smallest absolute Gasteiger partial charge is 0.244 e. The largest absolute Gasteiger partial charge is 0.548 e. The molecule has 0 heterocycles. The van der Waals surface area contributed by atoms with E-state index in [1.54, 1.807) is 0 Å². The van der Waals surface area contributed by atoms with Gasteiger partial charge in [-0.05, 0) is 18.6 Å². The summed E-state index contributed by atoms with van der Waals surface area (Å²) < 4.78 is 39.1. The Kier molecular flexibility index (Phi) is 5.44. The maximum absolute atomic E-state index is 13.4. The van der Waals surface area contributed by atoms with Gasteiger partial charge >= 0.3 is 0 Å². The number of hydrogen-bond donors (Lipinski definition) is 1. The predicted octanol–water partition coefficient (Wildman–Crippen LogP) is 0.413. The molecule has 1 aromatic rings. The van der Waals surface area contributed by atoms with Crippen molar-refractivity contribution in [2.24, 2.45) is 0 Å². The molecule has 0 radical (unpaired) electrons. The van der Waals surface area contributed by atoms with E-state index in [0.29, 0.717) is 12.8 Å². The molecule has 0 fully saturated rings. The lowest BCUT2D eigenvalue weighted by atomic mass is 10.1. The molecule has 0 aromatic heterocycles. The molecule has 1 N–H and O–H groups in total. The van der Waals surface area contributed by atoms with E-state index in [9.17, 15) is 22.7 Å². The van der Waals surface area contributed by atoms with Gasteiger partial charge in [0.05, 0.1) is 12.0 Å². The standard InChI is InChI=1S/C12H16FNO4S/c1-2-3-7-10(12(15)16)14-19(17,18)11-8-5-4-6-9(11)13/h4-6,8,10,14H,2-3,7H2,1H3,(H,15,16)/p-1/t10-/m1/s1. The third-order valence-corrected chi connectivity index (χ3v) is 4.06. The molecule has 0 saturated heterocycles. The summed E-state index contributed by atoms with van der Waals surface area (Å²) in [6.07, 6.45) is 1.34. The molecule has 0 unspecified atom stereocenters. The van der Waals surface area contributed by atoms with Gasteiger partial charge in [-0.1, -0.05) is 31.9 Å². The van der Waals surface area contributed by atoms with Crippen LogP contribution in [0.2, 0.25) is 0 Å². The molecular weight excluding hydrogens is 273 g/mol. The fourth-order valence-corrected chi connectivity index (χ4v) is 2.84. The van der Waals surface area contributed by atoms with E-state index in [2.05, 4.69) is 0 Å². The van der Waals surface area contributed by atoms with Crippen LogP contribution in [0.5, 0.6) is 0 Å². The maximum atomic E-state index is 13.4. The number of hydrogen-bond acceptors (Lipinski definition) is 4. The second-order valence-electron chi connectivity index (χ2n) is 4.07. The van der Waals surface area contributed by atoms with Crippen LogP contribution in [0, 0.1) is 5.82 Å². The van der Waals surface area contributed by atoms with Gasteiger partial charge in [0.15, 0.2) is 0 Å². The third-order valence-electron chi connectivity index (χ3n) is 2.55. The van der Waals surface area contributed by atoms with E-state index in [1.807, 2.05) is 11.6 Å². The zero-order chi connectivity index (χ0) is 14.5. The van der Waals surface area contributed by atoms with E-state index < -0.39 is 32.7 Å². The van der Waals surface area contributed by atoms with Crippen molar-refractivity contribution in [2.75, 3.05) is 0 Å². The summed E-state index contributed by atoms with van der Waals surface area (Å²) in [5, 5.41) is 10.9. The summed E-state index contributed by atoms with van der Waals surface area (Å²) in [4.78, 5) is 10.3.